The highest BCUT2D eigenvalue weighted by atomic mass is 35.5. The van der Waals surface area contributed by atoms with E-state index in [1.807, 2.05) is 24.5 Å². The van der Waals surface area contributed by atoms with Crippen LogP contribution in [0.2, 0.25) is 0 Å². The van der Waals surface area contributed by atoms with Gasteiger partial charge in [0.1, 0.15) is 0 Å². The maximum absolute atomic E-state index is 5.55. The zero-order valence-electron chi connectivity index (χ0n) is 8.21. The molecule has 0 aromatic carbocycles. The highest BCUT2D eigenvalue weighted by Gasteiger charge is 2.15. The number of rotatable bonds is 1. The van der Waals surface area contributed by atoms with Crippen LogP contribution in [0.1, 0.15) is 31.9 Å². The van der Waals surface area contributed by atoms with Crippen molar-refractivity contribution in [2.75, 3.05) is 0 Å². The Kier molecular flexibility index (Phi) is 3.10. The van der Waals surface area contributed by atoms with Crippen molar-refractivity contribution in [1.29, 1.82) is 0 Å². The summed E-state index contributed by atoms with van der Waals surface area (Å²) in [5, 5.41) is 0. The molecule has 0 aliphatic heterocycles. The fraction of sp³-hybridized carbons (Fsp3) is 0.364. The Morgan fingerprint density at radius 3 is 2.62 bits per heavy atom. The van der Waals surface area contributed by atoms with Gasteiger partial charge >= 0.3 is 0 Å². The molecule has 0 saturated carbocycles. The predicted molar refractivity (Wildman–Crippen MR) is 57.8 cm³/mol. The van der Waals surface area contributed by atoms with Gasteiger partial charge in [-0.25, -0.2) is 0 Å². The molecule has 0 aliphatic rings. The lowest BCUT2D eigenvalue weighted by Crippen LogP contribution is -2.12. The van der Waals surface area contributed by atoms with Crippen LogP contribution in [-0.4, -0.2) is 4.98 Å². The van der Waals surface area contributed by atoms with E-state index in [4.69, 9.17) is 11.6 Å². The van der Waals surface area contributed by atoms with E-state index in [1.54, 1.807) is 0 Å². The molecule has 1 aromatic heterocycles. The van der Waals surface area contributed by atoms with Gasteiger partial charge in [-0.1, -0.05) is 32.4 Å². The standard InChI is InChI=1S/C11H14ClN/c1-11(2,3)10-5-7-13-8-9(10)4-6-12/h4-8H,1-3H3/b6-4-. The van der Waals surface area contributed by atoms with Crippen molar-refractivity contribution in [1.82, 2.24) is 4.98 Å². The second kappa shape index (κ2) is 3.93. The maximum Gasteiger partial charge on any atom is 0.0343 e. The number of hydrogen-bond donors (Lipinski definition) is 0. The van der Waals surface area contributed by atoms with Crippen LogP contribution < -0.4 is 0 Å². The van der Waals surface area contributed by atoms with Gasteiger partial charge in [0, 0.05) is 17.9 Å². The molecule has 0 atom stereocenters. The first-order chi connectivity index (χ1) is 6.05. The fourth-order valence-electron chi connectivity index (χ4n) is 1.29. The Balaban J connectivity index is 3.20. The number of nitrogens with zero attached hydrogens (tertiary/aromatic N) is 1. The van der Waals surface area contributed by atoms with Crippen LogP contribution in [0.15, 0.2) is 24.0 Å². The highest BCUT2D eigenvalue weighted by molar-refractivity contribution is 6.27. The number of aromatic nitrogens is 1. The molecule has 2 heteroatoms. The molecule has 0 fully saturated rings. The minimum absolute atomic E-state index is 0.134. The first-order valence-electron chi connectivity index (χ1n) is 4.27. The first-order valence-corrected chi connectivity index (χ1v) is 4.70. The molecule has 1 rings (SSSR count). The van der Waals surface area contributed by atoms with Crippen LogP contribution in [0.5, 0.6) is 0 Å². The van der Waals surface area contributed by atoms with E-state index in [0.717, 1.165) is 5.56 Å². The van der Waals surface area contributed by atoms with E-state index in [1.165, 1.54) is 11.1 Å². The van der Waals surface area contributed by atoms with Crippen molar-refractivity contribution in [2.24, 2.45) is 0 Å². The average Bonchev–Trinajstić information content (AvgIpc) is 2.04. The Morgan fingerprint density at radius 2 is 2.08 bits per heavy atom. The van der Waals surface area contributed by atoms with E-state index < -0.39 is 0 Å². The molecule has 0 aliphatic carbocycles. The molecule has 0 amide bonds. The molecule has 1 heterocycles. The van der Waals surface area contributed by atoms with Crippen molar-refractivity contribution in [3.05, 3.63) is 35.1 Å². The fourth-order valence-corrected chi connectivity index (χ4v) is 1.43. The molecule has 0 bridgehead atoms. The second-order valence-corrected chi connectivity index (χ2v) is 4.26. The third-order valence-electron chi connectivity index (χ3n) is 1.90. The molecule has 13 heavy (non-hydrogen) atoms. The molecule has 1 nitrogen and oxygen atoms in total. The van der Waals surface area contributed by atoms with Gasteiger partial charge in [-0.15, -0.1) is 0 Å². The summed E-state index contributed by atoms with van der Waals surface area (Å²) in [6, 6.07) is 2.03. The summed E-state index contributed by atoms with van der Waals surface area (Å²) in [6.45, 7) is 6.52. The predicted octanol–water partition coefficient (Wildman–Crippen LogP) is 3.59. The van der Waals surface area contributed by atoms with Gasteiger partial charge in [-0.05, 0) is 28.7 Å². The summed E-state index contributed by atoms with van der Waals surface area (Å²) in [5.74, 6) is 0. The molecular formula is C11H14ClN. The van der Waals surface area contributed by atoms with E-state index >= 15 is 0 Å². The van der Waals surface area contributed by atoms with Crippen LogP contribution in [0, 0.1) is 0 Å². The third-order valence-corrected chi connectivity index (χ3v) is 2.03. The maximum atomic E-state index is 5.55. The Labute approximate surface area is 84.5 Å². The Bertz CT molecular complexity index is 310. The largest absolute Gasteiger partial charge is 0.264 e. The molecule has 0 radical (unpaired) electrons. The zero-order valence-corrected chi connectivity index (χ0v) is 8.97. The normalized spacial score (nSPS) is 12.3. The van der Waals surface area contributed by atoms with Crippen LogP contribution in [0.4, 0.5) is 0 Å². The van der Waals surface area contributed by atoms with Crippen molar-refractivity contribution in [2.45, 2.75) is 26.2 Å². The lowest BCUT2D eigenvalue weighted by molar-refractivity contribution is 0.588. The van der Waals surface area contributed by atoms with Crippen LogP contribution in [-0.2, 0) is 5.41 Å². The minimum Gasteiger partial charge on any atom is -0.264 e. The van der Waals surface area contributed by atoms with Gasteiger partial charge in [-0.3, -0.25) is 4.98 Å². The Morgan fingerprint density at radius 1 is 1.38 bits per heavy atom. The number of hydrogen-bond acceptors (Lipinski definition) is 1. The summed E-state index contributed by atoms with van der Waals surface area (Å²) >= 11 is 5.55. The van der Waals surface area contributed by atoms with Gasteiger partial charge in [0.2, 0.25) is 0 Å². The van der Waals surface area contributed by atoms with Gasteiger partial charge < -0.3 is 0 Å². The van der Waals surface area contributed by atoms with Crippen LogP contribution in [0.3, 0.4) is 0 Å². The molecule has 0 unspecified atom stereocenters. The smallest absolute Gasteiger partial charge is 0.0343 e. The molecule has 70 valence electrons. The summed E-state index contributed by atoms with van der Waals surface area (Å²) in [4.78, 5) is 4.07. The monoisotopic (exact) mass is 195 g/mol. The molecular weight excluding hydrogens is 182 g/mol. The van der Waals surface area contributed by atoms with E-state index in [9.17, 15) is 0 Å². The van der Waals surface area contributed by atoms with Crippen molar-refractivity contribution >= 4 is 17.7 Å². The van der Waals surface area contributed by atoms with Crippen molar-refractivity contribution in [3.8, 4) is 0 Å². The number of halogens is 1. The topological polar surface area (TPSA) is 12.9 Å². The summed E-state index contributed by atoms with van der Waals surface area (Å²) in [7, 11) is 0. The lowest BCUT2D eigenvalue weighted by Gasteiger charge is -2.20. The second-order valence-electron chi connectivity index (χ2n) is 4.01. The van der Waals surface area contributed by atoms with Gasteiger partial charge in [-0.2, -0.15) is 0 Å². The molecule has 0 spiro atoms. The molecule has 0 N–H and O–H groups in total. The number of pyridine rings is 1. The van der Waals surface area contributed by atoms with Crippen LogP contribution in [0.25, 0.3) is 6.08 Å². The Hall–Kier alpha value is -0.820. The van der Waals surface area contributed by atoms with Gasteiger partial charge in [0.25, 0.3) is 0 Å². The van der Waals surface area contributed by atoms with Crippen molar-refractivity contribution < 1.29 is 0 Å². The summed E-state index contributed by atoms with van der Waals surface area (Å²) in [6.07, 6.45) is 5.51. The van der Waals surface area contributed by atoms with E-state index in [0.29, 0.717) is 0 Å². The molecule has 1 aromatic rings. The molecule has 0 saturated heterocycles. The van der Waals surface area contributed by atoms with Crippen molar-refractivity contribution in [3.63, 3.8) is 0 Å². The third kappa shape index (κ3) is 2.56. The zero-order chi connectivity index (χ0) is 9.90. The van der Waals surface area contributed by atoms with Gasteiger partial charge in [0.05, 0.1) is 0 Å². The highest BCUT2D eigenvalue weighted by Crippen LogP contribution is 2.25. The van der Waals surface area contributed by atoms with Gasteiger partial charge in [0.15, 0.2) is 0 Å². The minimum atomic E-state index is 0.134. The SMILES string of the molecule is CC(C)(C)c1ccncc1/C=C\Cl. The first kappa shape index (κ1) is 10.3. The quantitative estimate of drug-likeness (QED) is 0.668. The summed E-state index contributed by atoms with van der Waals surface area (Å²) < 4.78 is 0. The lowest BCUT2D eigenvalue weighted by atomic mass is 9.85. The van der Waals surface area contributed by atoms with E-state index in [2.05, 4.69) is 25.8 Å². The summed E-state index contributed by atoms with van der Waals surface area (Å²) in [5.41, 5.74) is 4.00. The van der Waals surface area contributed by atoms with E-state index in [-0.39, 0.29) is 5.41 Å². The van der Waals surface area contributed by atoms with Crippen LogP contribution >= 0.6 is 11.6 Å². The average molecular weight is 196 g/mol.